The molecule has 0 bridgehead atoms. The highest BCUT2D eigenvalue weighted by molar-refractivity contribution is 6.31. The van der Waals surface area contributed by atoms with Crippen molar-refractivity contribution in [2.24, 2.45) is 5.73 Å². The number of carbonyl (C=O) groups is 2. The van der Waals surface area contributed by atoms with E-state index in [1.54, 1.807) is 42.5 Å². The van der Waals surface area contributed by atoms with Crippen molar-refractivity contribution in [1.29, 1.82) is 0 Å². The van der Waals surface area contributed by atoms with Gasteiger partial charge in [-0.15, -0.1) is 0 Å². The van der Waals surface area contributed by atoms with Gasteiger partial charge < -0.3 is 15.5 Å². The lowest BCUT2D eigenvalue weighted by molar-refractivity contribution is -0.111. The predicted octanol–water partition coefficient (Wildman–Crippen LogP) is 4.66. The zero-order valence-corrected chi connectivity index (χ0v) is 15.3. The van der Waals surface area contributed by atoms with Crippen molar-refractivity contribution in [1.82, 2.24) is 0 Å². The molecule has 27 heavy (non-hydrogen) atoms. The first-order chi connectivity index (χ1) is 12.9. The summed E-state index contributed by atoms with van der Waals surface area (Å²) in [6, 6.07) is 15.8. The molecule has 0 spiro atoms. The summed E-state index contributed by atoms with van der Waals surface area (Å²) < 4.78 is 5.73. The lowest BCUT2D eigenvalue weighted by atomic mass is 10.1. The number of hydrogen-bond acceptors (Lipinski definition) is 3. The van der Waals surface area contributed by atoms with Gasteiger partial charge in [-0.3, -0.25) is 9.59 Å². The van der Waals surface area contributed by atoms with Crippen molar-refractivity contribution >= 4 is 35.2 Å². The largest absolute Gasteiger partial charge is 0.457 e. The molecule has 0 aliphatic rings. The second kappa shape index (κ2) is 7.93. The zero-order chi connectivity index (χ0) is 19.4. The second-order valence-electron chi connectivity index (χ2n) is 5.90. The molecule has 2 aromatic carbocycles. The number of primary amides is 1. The van der Waals surface area contributed by atoms with Crippen molar-refractivity contribution in [3.63, 3.8) is 0 Å². The highest BCUT2D eigenvalue weighted by Crippen LogP contribution is 2.27. The number of rotatable bonds is 5. The van der Waals surface area contributed by atoms with E-state index in [2.05, 4.69) is 5.32 Å². The molecule has 0 saturated heterocycles. The molecule has 5 nitrogen and oxygen atoms in total. The first-order valence-corrected chi connectivity index (χ1v) is 8.56. The summed E-state index contributed by atoms with van der Waals surface area (Å²) in [5.41, 5.74) is 7.74. The Hall–Kier alpha value is -3.31. The van der Waals surface area contributed by atoms with Crippen LogP contribution in [-0.4, -0.2) is 11.8 Å². The average molecular weight is 381 g/mol. The predicted molar refractivity (Wildman–Crippen MR) is 107 cm³/mol. The fourth-order valence-corrected chi connectivity index (χ4v) is 2.66. The summed E-state index contributed by atoms with van der Waals surface area (Å²) in [4.78, 5) is 23.5. The smallest absolute Gasteiger partial charge is 0.250 e. The van der Waals surface area contributed by atoms with Crippen LogP contribution in [0.1, 0.15) is 21.7 Å². The molecule has 3 N–H and O–H groups in total. The normalized spacial score (nSPS) is 10.9. The van der Waals surface area contributed by atoms with Gasteiger partial charge in [0.2, 0.25) is 5.91 Å². The number of aryl methyl sites for hydroxylation is 1. The van der Waals surface area contributed by atoms with E-state index in [9.17, 15) is 9.59 Å². The van der Waals surface area contributed by atoms with E-state index in [1.165, 1.54) is 6.08 Å². The Morgan fingerprint density at radius 3 is 2.63 bits per heavy atom. The SMILES string of the molecule is Cc1ccc(-c2ccc(/C=C/C(=O)Nc3ccccc3C(N)=O)o2)cc1Cl. The summed E-state index contributed by atoms with van der Waals surface area (Å²) in [5.74, 6) is 0.151. The average Bonchev–Trinajstić information content (AvgIpc) is 3.11. The minimum Gasteiger partial charge on any atom is -0.457 e. The molecule has 6 heteroatoms. The Morgan fingerprint density at radius 1 is 1.11 bits per heavy atom. The lowest BCUT2D eigenvalue weighted by Crippen LogP contribution is -2.16. The highest BCUT2D eigenvalue weighted by Gasteiger charge is 2.09. The number of nitrogens with one attached hydrogen (secondary N) is 1. The Bertz CT molecular complexity index is 1040. The monoisotopic (exact) mass is 380 g/mol. The van der Waals surface area contributed by atoms with Crippen LogP contribution in [0.2, 0.25) is 5.02 Å². The summed E-state index contributed by atoms with van der Waals surface area (Å²) in [5, 5.41) is 3.29. The van der Waals surface area contributed by atoms with Gasteiger partial charge in [-0.1, -0.05) is 35.9 Å². The van der Waals surface area contributed by atoms with Gasteiger partial charge in [0.15, 0.2) is 0 Å². The van der Waals surface area contributed by atoms with E-state index in [4.69, 9.17) is 21.8 Å². The molecular weight excluding hydrogens is 364 g/mol. The number of hydrogen-bond donors (Lipinski definition) is 2. The number of amides is 2. The van der Waals surface area contributed by atoms with Crippen molar-refractivity contribution in [2.45, 2.75) is 6.92 Å². The molecule has 0 saturated carbocycles. The second-order valence-corrected chi connectivity index (χ2v) is 6.31. The molecule has 136 valence electrons. The molecule has 0 aliphatic heterocycles. The van der Waals surface area contributed by atoms with Crippen LogP contribution in [0.3, 0.4) is 0 Å². The summed E-state index contributed by atoms with van der Waals surface area (Å²) in [6.07, 6.45) is 2.87. The molecule has 3 aromatic rings. The van der Waals surface area contributed by atoms with Crippen LogP contribution in [-0.2, 0) is 4.79 Å². The molecule has 1 aromatic heterocycles. The third kappa shape index (κ3) is 4.46. The van der Waals surface area contributed by atoms with Crippen molar-refractivity contribution < 1.29 is 14.0 Å². The van der Waals surface area contributed by atoms with Crippen LogP contribution < -0.4 is 11.1 Å². The molecular formula is C21H17ClN2O3. The van der Waals surface area contributed by atoms with Crippen molar-refractivity contribution in [3.05, 3.63) is 82.6 Å². The minimum absolute atomic E-state index is 0.246. The van der Waals surface area contributed by atoms with Gasteiger partial charge in [-0.05, 0) is 48.9 Å². The standard InChI is InChI=1S/C21H17ClN2O3/c1-13-6-7-14(12-17(13)22)19-10-8-15(27-19)9-11-20(25)24-18-5-3-2-4-16(18)21(23)26/h2-12H,1H3,(H2,23,26)(H,24,25)/b11-9+. The number of furan rings is 1. The molecule has 1 heterocycles. The lowest BCUT2D eigenvalue weighted by Gasteiger charge is -2.06. The fraction of sp³-hybridized carbons (Fsp3) is 0.0476. The van der Waals surface area contributed by atoms with Gasteiger partial charge in [0.25, 0.3) is 5.91 Å². The Balaban J connectivity index is 1.71. The van der Waals surface area contributed by atoms with Crippen molar-refractivity contribution in [2.75, 3.05) is 5.32 Å². The Kier molecular flexibility index (Phi) is 5.43. The highest BCUT2D eigenvalue weighted by atomic mass is 35.5. The number of para-hydroxylation sites is 1. The quantitative estimate of drug-likeness (QED) is 0.631. The van der Waals surface area contributed by atoms with Gasteiger partial charge in [0.1, 0.15) is 11.5 Å². The van der Waals surface area contributed by atoms with Crippen LogP contribution in [0.4, 0.5) is 5.69 Å². The summed E-state index contributed by atoms with van der Waals surface area (Å²) in [6.45, 7) is 1.93. The first-order valence-electron chi connectivity index (χ1n) is 8.18. The minimum atomic E-state index is -0.609. The number of anilines is 1. The molecule has 2 amide bonds. The van der Waals surface area contributed by atoms with Gasteiger partial charge in [0, 0.05) is 16.7 Å². The number of nitrogens with two attached hydrogens (primary N) is 1. The molecule has 0 unspecified atom stereocenters. The first kappa shape index (κ1) is 18.5. The van der Waals surface area contributed by atoms with Gasteiger partial charge in [-0.25, -0.2) is 0 Å². The molecule has 0 atom stereocenters. The number of halogens is 1. The van der Waals surface area contributed by atoms with Gasteiger partial charge >= 0.3 is 0 Å². The zero-order valence-electron chi connectivity index (χ0n) is 14.5. The molecule has 0 radical (unpaired) electrons. The van der Waals surface area contributed by atoms with Crippen LogP contribution in [0.25, 0.3) is 17.4 Å². The Labute approximate surface area is 161 Å². The van der Waals surface area contributed by atoms with Crippen LogP contribution in [0.15, 0.2) is 65.1 Å². The number of benzene rings is 2. The number of carbonyl (C=O) groups excluding carboxylic acids is 2. The van der Waals surface area contributed by atoms with E-state index in [0.29, 0.717) is 22.2 Å². The summed E-state index contributed by atoms with van der Waals surface area (Å²) >= 11 is 6.14. The van der Waals surface area contributed by atoms with Crippen molar-refractivity contribution in [3.8, 4) is 11.3 Å². The van der Waals surface area contributed by atoms with E-state index < -0.39 is 11.8 Å². The van der Waals surface area contributed by atoms with E-state index in [0.717, 1.165) is 11.1 Å². The van der Waals surface area contributed by atoms with E-state index in [1.807, 2.05) is 25.1 Å². The molecule has 0 fully saturated rings. The summed E-state index contributed by atoms with van der Waals surface area (Å²) in [7, 11) is 0. The molecule has 0 aliphatic carbocycles. The van der Waals surface area contributed by atoms with Crippen LogP contribution in [0.5, 0.6) is 0 Å². The Morgan fingerprint density at radius 2 is 1.89 bits per heavy atom. The van der Waals surface area contributed by atoms with Crippen LogP contribution in [0, 0.1) is 6.92 Å². The van der Waals surface area contributed by atoms with Crippen LogP contribution >= 0.6 is 11.6 Å². The maximum Gasteiger partial charge on any atom is 0.250 e. The third-order valence-electron chi connectivity index (χ3n) is 3.93. The fourth-order valence-electron chi connectivity index (χ4n) is 2.48. The van der Waals surface area contributed by atoms with Gasteiger partial charge in [0.05, 0.1) is 11.3 Å². The van der Waals surface area contributed by atoms with E-state index in [-0.39, 0.29) is 5.56 Å². The van der Waals surface area contributed by atoms with Gasteiger partial charge in [-0.2, -0.15) is 0 Å². The maximum absolute atomic E-state index is 12.1. The molecule has 3 rings (SSSR count). The maximum atomic E-state index is 12.1. The topological polar surface area (TPSA) is 85.3 Å². The third-order valence-corrected chi connectivity index (χ3v) is 4.34. The van der Waals surface area contributed by atoms with E-state index >= 15 is 0 Å².